The van der Waals surface area contributed by atoms with Gasteiger partial charge in [-0.05, 0) is 33.6 Å². The van der Waals surface area contributed by atoms with E-state index in [1.165, 1.54) is 6.92 Å². The van der Waals surface area contributed by atoms with Crippen molar-refractivity contribution in [1.29, 1.82) is 0 Å². The average molecular weight is 376 g/mol. The normalized spacial score (nSPS) is 11.5. The molecule has 0 aromatic carbocycles. The third kappa shape index (κ3) is 17.8. The molecule has 26 heavy (non-hydrogen) atoms. The molecule has 0 aliphatic carbocycles. The van der Waals surface area contributed by atoms with E-state index in [2.05, 4.69) is 20.8 Å². The number of hydrogen-bond donors (Lipinski definition) is 0. The van der Waals surface area contributed by atoms with Gasteiger partial charge in [-0.3, -0.25) is 4.79 Å². The molecule has 0 atom stereocenters. The zero-order chi connectivity index (χ0) is 19.7. The first-order valence-corrected chi connectivity index (χ1v) is 9.39. The Hall–Kier alpha value is -1.02. The summed E-state index contributed by atoms with van der Waals surface area (Å²) in [5.41, 5.74) is -0.0971. The molecule has 0 bridgehead atoms. The molecule has 0 aromatic rings. The molecule has 0 amide bonds. The highest BCUT2D eigenvalue weighted by atomic mass is 16.6. The van der Waals surface area contributed by atoms with Gasteiger partial charge in [-0.25, -0.2) is 0 Å². The quantitative estimate of drug-likeness (QED) is 0.269. The van der Waals surface area contributed by atoms with E-state index in [0.29, 0.717) is 59.1 Å². The van der Waals surface area contributed by atoms with Gasteiger partial charge in [-0.2, -0.15) is 0 Å². The van der Waals surface area contributed by atoms with Crippen molar-refractivity contribution in [3.8, 4) is 0 Å². The Kier molecular flexibility index (Phi) is 15.5. The highest BCUT2D eigenvalue weighted by Crippen LogP contribution is 2.12. The predicted octanol–water partition coefficient (Wildman–Crippen LogP) is 2.54. The smallest absolute Gasteiger partial charge is 0.305 e. The maximum absolute atomic E-state index is 11.3. The molecule has 0 saturated carbocycles. The van der Waals surface area contributed by atoms with Gasteiger partial charge in [0, 0.05) is 12.8 Å². The highest BCUT2D eigenvalue weighted by molar-refractivity contribution is 5.76. The summed E-state index contributed by atoms with van der Waals surface area (Å²) < 4.78 is 26.8. The number of carbonyl (C=O) groups is 2. The number of hydrogen-bond acceptors (Lipinski definition) is 7. The van der Waals surface area contributed by atoms with Crippen LogP contribution >= 0.6 is 0 Å². The van der Waals surface area contributed by atoms with Crippen LogP contribution in [0.1, 0.15) is 53.4 Å². The Balaban J connectivity index is 3.22. The third-order valence-corrected chi connectivity index (χ3v) is 3.72. The number of ketones is 1. The standard InChI is InChI=1S/C19H36O7/c1-5-19(3,4)26-16-14-24-12-10-22-9-11-23-13-15-25-18(21)8-6-7-17(2)20/h5-16H2,1-4H3. The van der Waals surface area contributed by atoms with E-state index in [1.807, 2.05) is 0 Å². The van der Waals surface area contributed by atoms with Gasteiger partial charge in [0.1, 0.15) is 12.4 Å². The SMILES string of the molecule is CCC(C)(C)OCCOCCOCCOCCOC(=O)CCCC(C)=O. The lowest BCUT2D eigenvalue weighted by molar-refractivity contribution is -0.145. The topological polar surface area (TPSA) is 80.3 Å². The average Bonchev–Trinajstić information content (AvgIpc) is 2.58. The Morgan fingerprint density at radius 3 is 1.77 bits per heavy atom. The van der Waals surface area contributed by atoms with Crippen LogP contribution in [0.2, 0.25) is 0 Å². The molecule has 0 radical (unpaired) electrons. The lowest BCUT2D eigenvalue weighted by Crippen LogP contribution is -2.25. The summed E-state index contributed by atoms with van der Waals surface area (Å²) in [6.07, 6.45) is 2.18. The molecule has 0 unspecified atom stereocenters. The van der Waals surface area contributed by atoms with Crippen LogP contribution in [0.4, 0.5) is 0 Å². The van der Waals surface area contributed by atoms with Crippen LogP contribution in [0.15, 0.2) is 0 Å². The molecule has 0 aliphatic heterocycles. The minimum atomic E-state index is -0.297. The fraction of sp³-hybridized carbons (Fsp3) is 0.895. The lowest BCUT2D eigenvalue weighted by atomic mass is 10.1. The van der Waals surface area contributed by atoms with Crippen molar-refractivity contribution in [3.63, 3.8) is 0 Å². The molecule has 0 N–H and O–H groups in total. The van der Waals surface area contributed by atoms with Crippen molar-refractivity contribution >= 4 is 11.8 Å². The molecule has 7 nitrogen and oxygen atoms in total. The van der Waals surface area contributed by atoms with Gasteiger partial charge < -0.3 is 28.5 Å². The molecule has 0 aromatic heterocycles. The van der Waals surface area contributed by atoms with Gasteiger partial charge in [-0.1, -0.05) is 6.92 Å². The molecule has 0 saturated heterocycles. The lowest BCUT2D eigenvalue weighted by Gasteiger charge is -2.23. The summed E-state index contributed by atoms with van der Waals surface area (Å²) in [7, 11) is 0. The summed E-state index contributed by atoms with van der Waals surface area (Å²) in [5, 5.41) is 0. The summed E-state index contributed by atoms with van der Waals surface area (Å²) in [4.78, 5) is 22.1. The Morgan fingerprint density at radius 1 is 0.769 bits per heavy atom. The molecular formula is C19H36O7. The summed E-state index contributed by atoms with van der Waals surface area (Å²) in [6.45, 7) is 11.4. The largest absolute Gasteiger partial charge is 0.463 e. The minimum absolute atomic E-state index is 0.0836. The molecule has 0 fully saturated rings. The second-order valence-electron chi connectivity index (χ2n) is 6.57. The summed E-state index contributed by atoms with van der Waals surface area (Å²) in [6, 6.07) is 0. The number of rotatable bonds is 18. The van der Waals surface area contributed by atoms with Gasteiger partial charge in [-0.15, -0.1) is 0 Å². The van der Waals surface area contributed by atoms with Crippen molar-refractivity contribution in [2.75, 3.05) is 52.9 Å². The Bertz CT molecular complexity index is 369. The van der Waals surface area contributed by atoms with Crippen LogP contribution in [0.3, 0.4) is 0 Å². The van der Waals surface area contributed by atoms with E-state index in [-0.39, 0.29) is 30.4 Å². The number of Topliss-reactive ketones (excluding diaryl/α,β-unsaturated/α-hetero) is 1. The fourth-order valence-electron chi connectivity index (χ4n) is 1.79. The van der Waals surface area contributed by atoms with Crippen LogP contribution in [0, 0.1) is 0 Å². The second-order valence-corrected chi connectivity index (χ2v) is 6.57. The van der Waals surface area contributed by atoms with E-state index < -0.39 is 0 Å². The van der Waals surface area contributed by atoms with E-state index in [1.54, 1.807) is 0 Å². The zero-order valence-corrected chi connectivity index (χ0v) is 16.8. The van der Waals surface area contributed by atoms with Crippen molar-refractivity contribution in [1.82, 2.24) is 0 Å². The van der Waals surface area contributed by atoms with Gasteiger partial charge in [0.05, 0.1) is 51.8 Å². The van der Waals surface area contributed by atoms with Crippen molar-refractivity contribution < 1.29 is 33.3 Å². The van der Waals surface area contributed by atoms with Gasteiger partial charge in [0.15, 0.2) is 0 Å². The highest BCUT2D eigenvalue weighted by Gasteiger charge is 2.14. The molecule has 0 rings (SSSR count). The van der Waals surface area contributed by atoms with Crippen LogP contribution in [-0.4, -0.2) is 70.2 Å². The zero-order valence-electron chi connectivity index (χ0n) is 16.8. The van der Waals surface area contributed by atoms with E-state index >= 15 is 0 Å². The maximum Gasteiger partial charge on any atom is 0.305 e. The van der Waals surface area contributed by atoms with Gasteiger partial charge in [0.2, 0.25) is 0 Å². The second kappa shape index (κ2) is 16.2. The van der Waals surface area contributed by atoms with Crippen LogP contribution in [0.25, 0.3) is 0 Å². The number of ether oxygens (including phenoxy) is 5. The third-order valence-electron chi connectivity index (χ3n) is 3.72. The molecule has 7 heteroatoms. The predicted molar refractivity (Wildman–Crippen MR) is 98.3 cm³/mol. The Morgan fingerprint density at radius 2 is 1.27 bits per heavy atom. The maximum atomic E-state index is 11.3. The minimum Gasteiger partial charge on any atom is -0.463 e. The van der Waals surface area contributed by atoms with E-state index in [4.69, 9.17) is 23.7 Å². The van der Waals surface area contributed by atoms with Crippen LogP contribution in [0.5, 0.6) is 0 Å². The van der Waals surface area contributed by atoms with Gasteiger partial charge >= 0.3 is 5.97 Å². The summed E-state index contributed by atoms with van der Waals surface area (Å²) >= 11 is 0. The molecule has 0 aliphatic rings. The van der Waals surface area contributed by atoms with Crippen molar-refractivity contribution in [2.24, 2.45) is 0 Å². The molecule has 0 spiro atoms. The van der Waals surface area contributed by atoms with Crippen molar-refractivity contribution in [2.45, 2.75) is 59.0 Å². The monoisotopic (exact) mass is 376 g/mol. The molecule has 154 valence electrons. The first-order chi connectivity index (χ1) is 12.4. The Labute approximate surface area is 157 Å². The molecular weight excluding hydrogens is 340 g/mol. The van der Waals surface area contributed by atoms with Crippen LogP contribution in [-0.2, 0) is 33.3 Å². The van der Waals surface area contributed by atoms with E-state index in [9.17, 15) is 9.59 Å². The molecule has 0 heterocycles. The van der Waals surface area contributed by atoms with E-state index in [0.717, 1.165) is 6.42 Å². The van der Waals surface area contributed by atoms with Gasteiger partial charge in [0.25, 0.3) is 0 Å². The van der Waals surface area contributed by atoms with Crippen molar-refractivity contribution in [3.05, 3.63) is 0 Å². The number of carbonyl (C=O) groups excluding carboxylic acids is 2. The first kappa shape index (κ1) is 25.0. The number of esters is 1. The summed E-state index contributed by atoms with van der Waals surface area (Å²) in [5.74, 6) is -0.213. The van der Waals surface area contributed by atoms with Crippen LogP contribution < -0.4 is 0 Å². The fourth-order valence-corrected chi connectivity index (χ4v) is 1.79. The first-order valence-electron chi connectivity index (χ1n) is 9.39.